The van der Waals surface area contributed by atoms with Crippen LogP contribution in [-0.4, -0.2) is 53.9 Å². The number of hydrogen-bond donors (Lipinski definition) is 2. The Balaban J connectivity index is 1.48. The van der Waals surface area contributed by atoms with Gasteiger partial charge in [-0.1, -0.05) is 56.0 Å². The SMILES string of the molecule is CCCC1(CCC)CC2(CCN(C(Cc3ccc(Cl)cc3Cl)(c3ccsc3)[C@H]3CCNC3)CC2)O[C@@H]1C(=O)O. The number of ether oxygens (including phenoxy) is 1. The van der Waals surface area contributed by atoms with Crippen LogP contribution in [0.15, 0.2) is 35.0 Å². The van der Waals surface area contributed by atoms with Crippen LogP contribution >= 0.6 is 34.5 Å². The van der Waals surface area contributed by atoms with Crippen molar-refractivity contribution in [2.24, 2.45) is 11.3 Å². The number of nitrogens with zero attached hydrogens (tertiary/aromatic N) is 1. The molecule has 5 nitrogen and oxygen atoms in total. The summed E-state index contributed by atoms with van der Waals surface area (Å²) < 4.78 is 6.63. The van der Waals surface area contributed by atoms with Crippen LogP contribution in [0.2, 0.25) is 10.0 Å². The molecule has 3 fully saturated rings. The van der Waals surface area contributed by atoms with Crippen molar-refractivity contribution in [1.82, 2.24) is 10.2 Å². The molecule has 0 aliphatic carbocycles. The van der Waals surface area contributed by atoms with E-state index in [-0.39, 0.29) is 16.6 Å². The van der Waals surface area contributed by atoms with Gasteiger partial charge in [-0.15, -0.1) is 0 Å². The van der Waals surface area contributed by atoms with E-state index in [2.05, 4.69) is 47.0 Å². The normalized spacial score (nSPS) is 26.2. The third kappa shape index (κ3) is 5.54. The average Bonchev–Trinajstić information content (AvgIpc) is 3.67. The quantitative estimate of drug-likeness (QED) is 0.301. The number of carboxylic acid groups (broad SMARTS) is 1. The predicted molar refractivity (Wildman–Crippen MR) is 160 cm³/mol. The lowest BCUT2D eigenvalue weighted by molar-refractivity contribution is -0.164. The van der Waals surface area contributed by atoms with Gasteiger partial charge in [0.05, 0.1) is 11.1 Å². The van der Waals surface area contributed by atoms with Crippen molar-refractivity contribution in [3.05, 3.63) is 56.2 Å². The molecule has 1 aromatic heterocycles. The van der Waals surface area contributed by atoms with Crippen molar-refractivity contribution < 1.29 is 14.6 Å². The Morgan fingerprint density at radius 2 is 1.95 bits per heavy atom. The van der Waals surface area contributed by atoms with Gasteiger partial charge < -0.3 is 15.2 Å². The van der Waals surface area contributed by atoms with Gasteiger partial charge in [0, 0.05) is 35.1 Å². The molecule has 1 aromatic carbocycles. The number of hydrogen-bond acceptors (Lipinski definition) is 5. The molecular formula is C31H42Cl2N2O3S. The molecule has 0 bridgehead atoms. The highest BCUT2D eigenvalue weighted by atomic mass is 35.5. The Morgan fingerprint density at radius 1 is 1.21 bits per heavy atom. The number of halogens is 2. The molecule has 1 unspecified atom stereocenters. The summed E-state index contributed by atoms with van der Waals surface area (Å²) in [7, 11) is 0. The summed E-state index contributed by atoms with van der Waals surface area (Å²) in [5, 5.41) is 19.7. The van der Waals surface area contributed by atoms with Crippen LogP contribution < -0.4 is 5.32 Å². The highest BCUT2D eigenvalue weighted by molar-refractivity contribution is 7.08. The monoisotopic (exact) mass is 592 g/mol. The zero-order valence-corrected chi connectivity index (χ0v) is 25.5. The Kier molecular flexibility index (Phi) is 9.02. The first-order chi connectivity index (χ1) is 18.8. The minimum atomic E-state index is -0.793. The molecule has 5 rings (SSSR count). The van der Waals surface area contributed by atoms with E-state index < -0.39 is 12.1 Å². The van der Waals surface area contributed by atoms with Crippen LogP contribution in [0.25, 0.3) is 0 Å². The molecule has 39 heavy (non-hydrogen) atoms. The Morgan fingerprint density at radius 3 is 2.51 bits per heavy atom. The second-order valence-corrected chi connectivity index (χ2v) is 13.7. The maximum atomic E-state index is 12.4. The zero-order valence-electron chi connectivity index (χ0n) is 23.2. The third-order valence-electron chi connectivity index (χ3n) is 9.79. The smallest absolute Gasteiger partial charge is 0.333 e. The second kappa shape index (κ2) is 12.0. The van der Waals surface area contributed by atoms with E-state index in [4.69, 9.17) is 27.9 Å². The summed E-state index contributed by atoms with van der Waals surface area (Å²) in [6.07, 6.45) is 7.54. The molecule has 2 aromatic rings. The van der Waals surface area contributed by atoms with Crippen molar-refractivity contribution in [3.63, 3.8) is 0 Å². The van der Waals surface area contributed by atoms with Crippen LogP contribution in [0.4, 0.5) is 0 Å². The maximum Gasteiger partial charge on any atom is 0.333 e. The molecule has 214 valence electrons. The number of aliphatic carboxylic acids is 1. The van der Waals surface area contributed by atoms with Crippen molar-refractivity contribution in [1.29, 1.82) is 0 Å². The topological polar surface area (TPSA) is 61.8 Å². The van der Waals surface area contributed by atoms with Crippen LogP contribution in [0.1, 0.15) is 76.3 Å². The molecule has 3 saturated heterocycles. The Labute approximate surface area is 247 Å². The van der Waals surface area contributed by atoms with E-state index in [9.17, 15) is 9.90 Å². The molecule has 0 saturated carbocycles. The van der Waals surface area contributed by atoms with Crippen LogP contribution in [0, 0.1) is 11.3 Å². The lowest BCUT2D eigenvalue weighted by Gasteiger charge is -2.52. The van der Waals surface area contributed by atoms with E-state index in [0.29, 0.717) is 16.0 Å². The summed E-state index contributed by atoms with van der Waals surface area (Å²) in [4.78, 5) is 15.1. The molecular weight excluding hydrogens is 551 g/mol. The lowest BCUT2D eigenvalue weighted by atomic mass is 9.67. The predicted octanol–water partition coefficient (Wildman–Crippen LogP) is 7.40. The van der Waals surface area contributed by atoms with Gasteiger partial charge in [0.1, 0.15) is 0 Å². The van der Waals surface area contributed by atoms with Crippen molar-refractivity contribution in [2.75, 3.05) is 26.2 Å². The first kappa shape index (κ1) is 29.3. The summed E-state index contributed by atoms with van der Waals surface area (Å²) in [6, 6.07) is 8.17. The molecule has 2 N–H and O–H groups in total. The van der Waals surface area contributed by atoms with Gasteiger partial charge in [0.25, 0.3) is 0 Å². The third-order valence-corrected chi connectivity index (χ3v) is 11.1. The van der Waals surface area contributed by atoms with E-state index in [1.54, 1.807) is 11.3 Å². The second-order valence-electron chi connectivity index (χ2n) is 12.1. The van der Waals surface area contributed by atoms with Gasteiger partial charge in [-0.3, -0.25) is 4.90 Å². The maximum absolute atomic E-state index is 12.4. The highest BCUT2D eigenvalue weighted by Gasteiger charge is 2.59. The fourth-order valence-corrected chi connectivity index (χ4v) is 9.40. The van der Waals surface area contributed by atoms with Crippen LogP contribution in [0.5, 0.6) is 0 Å². The fourth-order valence-electron chi connectivity index (χ4n) is 8.19. The molecule has 1 spiro atoms. The van der Waals surface area contributed by atoms with Crippen molar-refractivity contribution >= 4 is 40.5 Å². The number of carboxylic acids is 1. The van der Waals surface area contributed by atoms with Crippen molar-refractivity contribution in [2.45, 2.75) is 88.9 Å². The summed E-state index contributed by atoms with van der Waals surface area (Å²) in [6.45, 7) is 8.06. The Bertz CT molecular complexity index is 1120. The number of thiophene rings is 1. The number of rotatable bonds is 10. The molecule has 4 heterocycles. The van der Waals surface area contributed by atoms with E-state index in [1.165, 1.54) is 5.56 Å². The summed E-state index contributed by atoms with van der Waals surface area (Å²) in [5.41, 5.74) is 1.62. The van der Waals surface area contributed by atoms with Gasteiger partial charge in [-0.25, -0.2) is 4.79 Å². The van der Waals surface area contributed by atoms with E-state index in [0.717, 1.165) is 89.5 Å². The largest absolute Gasteiger partial charge is 0.479 e. The number of piperidine rings is 1. The molecule has 3 aliphatic heterocycles. The van der Waals surface area contributed by atoms with Crippen LogP contribution in [0.3, 0.4) is 0 Å². The van der Waals surface area contributed by atoms with E-state index in [1.807, 2.05) is 12.1 Å². The average molecular weight is 594 g/mol. The minimum Gasteiger partial charge on any atom is -0.479 e. The lowest BCUT2D eigenvalue weighted by Crippen LogP contribution is -2.58. The minimum absolute atomic E-state index is 0.211. The number of nitrogens with one attached hydrogen (secondary N) is 1. The van der Waals surface area contributed by atoms with Gasteiger partial charge in [0.2, 0.25) is 0 Å². The number of likely N-dealkylation sites (tertiary alicyclic amines) is 1. The standard InChI is InChI=1S/C31H42Cl2N2O3S/c1-3-9-29(10-4-2)21-30(38-27(29)28(36)37)11-14-35(15-12-30)31(23-7-13-34-19-23,24-8-16-39-20-24)18-22-5-6-25(32)17-26(22)33/h5-6,8,16-17,20,23,27,34H,3-4,7,9-15,18-19,21H2,1-2H3,(H,36,37)/t23-,27+,31?/m0/s1. The van der Waals surface area contributed by atoms with Gasteiger partial charge >= 0.3 is 5.97 Å². The summed E-state index contributed by atoms with van der Waals surface area (Å²) in [5.74, 6) is -0.360. The fraction of sp³-hybridized carbons (Fsp3) is 0.645. The molecule has 0 radical (unpaired) electrons. The van der Waals surface area contributed by atoms with E-state index >= 15 is 0 Å². The Hall–Kier alpha value is -1.15. The van der Waals surface area contributed by atoms with Gasteiger partial charge in [-0.05, 0) is 97.5 Å². The van der Waals surface area contributed by atoms with Crippen LogP contribution in [-0.2, 0) is 21.5 Å². The molecule has 8 heteroatoms. The zero-order chi connectivity index (χ0) is 27.7. The molecule has 3 atom stereocenters. The first-order valence-corrected chi connectivity index (χ1v) is 16.3. The number of carbonyl (C=O) groups is 1. The summed E-state index contributed by atoms with van der Waals surface area (Å²) >= 11 is 14.8. The van der Waals surface area contributed by atoms with Crippen molar-refractivity contribution in [3.8, 4) is 0 Å². The van der Waals surface area contributed by atoms with Gasteiger partial charge in [-0.2, -0.15) is 11.3 Å². The molecule has 0 amide bonds. The molecule has 3 aliphatic rings. The first-order valence-electron chi connectivity index (χ1n) is 14.6. The number of benzene rings is 1. The van der Waals surface area contributed by atoms with Gasteiger partial charge in [0.15, 0.2) is 6.10 Å². The highest BCUT2D eigenvalue weighted by Crippen LogP contribution is 2.55.